The van der Waals surface area contributed by atoms with E-state index in [1.54, 1.807) is 0 Å². The van der Waals surface area contributed by atoms with Crippen LogP contribution in [0.2, 0.25) is 0 Å². The molecule has 0 amide bonds. The van der Waals surface area contributed by atoms with Gasteiger partial charge in [-0.3, -0.25) is 4.79 Å². The van der Waals surface area contributed by atoms with Crippen molar-refractivity contribution in [2.75, 3.05) is 0 Å². The Labute approximate surface area is 127 Å². The molecule has 0 saturated heterocycles. The fraction of sp³-hybridized carbons (Fsp3) is 0.842. The highest BCUT2D eigenvalue weighted by molar-refractivity contribution is 5.79. The Morgan fingerprint density at radius 1 is 1.10 bits per heavy atom. The third-order valence-corrected chi connectivity index (χ3v) is 7.73. The average molecular weight is 290 g/mol. The zero-order valence-electron chi connectivity index (χ0n) is 13.1. The summed E-state index contributed by atoms with van der Waals surface area (Å²) in [6.45, 7) is 6.70. The van der Waals surface area contributed by atoms with Crippen LogP contribution >= 0.6 is 0 Å². The lowest BCUT2D eigenvalue weighted by molar-refractivity contribution is -0.131. The number of rotatable bonds is 0. The van der Waals surface area contributed by atoms with Gasteiger partial charge in [0, 0.05) is 18.8 Å². The summed E-state index contributed by atoms with van der Waals surface area (Å²) >= 11 is 0. The summed E-state index contributed by atoms with van der Waals surface area (Å²) in [7, 11) is 0. The summed E-state index contributed by atoms with van der Waals surface area (Å²) in [5.74, 6) is 2.70. The molecule has 0 N–H and O–H groups in total. The Hall–Kier alpha value is -0.660. The fourth-order valence-electron chi connectivity index (χ4n) is 6.51. The molecule has 4 aliphatic rings. The van der Waals surface area contributed by atoms with Crippen molar-refractivity contribution in [3.8, 4) is 0 Å². The van der Waals surface area contributed by atoms with Crippen LogP contribution in [0, 0.1) is 35.0 Å². The van der Waals surface area contributed by atoms with Crippen LogP contribution in [0.1, 0.15) is 58.3 Å². The van der Waals surface area contributed by atoms with Gasteiger partial charge in [0.05, 0.1) is 0 Å². The molecular formula is C19H27FO. The maximum atomic E-state index is 14.8. The van der Waals surface area contributed by atoms with Gasteiger partial charge >= 0.3 is 0 Å². The second kappa shape index (κ2) is 4.67. The van der Waals surface area contributed by atoms with E-state index < -0.39 is 6.17 Å². The number of halogens is 1. The monoisotopic (exact) mass is 290 g/mol. The Kier molecular flexibility index (Phi) is 3.10. The molecule has 2 heteroatoms. The minimum absolute atomic E-state index is 0.0430. The summed E-state index contributed by atoms with van der Waals surface area (Å²) < 4.78 is 14.8. The smallest absolute Gasteiger partial charge is 0.133 e. The van der Waals surface area contributed by atoms with Crippen molar-refractivity contribution in [3.05, 3.63) is 12.2 Å². The van der Waals surface area contributed by atoms with Crippen molar-refractivity contribution < 1.29 is 9.18 Å². The molecule has 7 atom stereocenters. The molecule has 0 aliphatic heterocycles. The first-order valence-corrected chi connectivity index (χ1v) is 8.84. The summed E-state index contributed by atoms with van der Waals surface area (Å²) in [4.78, 5) is 11.7. The van der Waals surface area contributed by atoms with Crippen molar-refractivity contribution in [1.82, 2.24) is 0 Å². The predicted molar refractivity (Wildman–Crippen MR) is 81.5 cm³/mol. The maximum absolute atomic E-state index is 14.8. The molecule has 4 unspecified atom stereocenters. The molecule has 0 aromatic carbocycles. The lowest BCUT2D eigenvalue weighted by Crippen LogP contribution is -2.51. The van der Waals surface area contributed by atoms with Gasteiger partial charge in [0.2, 0.25) is 0 Å². The lowest BCUT2D eigenvalue weighted by Gasteiger charge is -2.55. The molecule has 4 saturated carbocycles. The predicted octanol–water partition coefficient (Wildman–Crippen LogP) is 4.71. The molecule has 1 nitrogen and oxygen atoms in total. The first-order chi connectivity index (χ1) is 10.0. The zero-order chi connectivity index (χ0) is 14.8. The summed E-state index contributed by atoms with van der Waals surface area (Å²) in [5, 5.41) is 0. The number of alkyl halides is 1. The molecule has 4 aliphatic carbocycles. The fourth-order valence-corrected chi connectivity index (χ4v) is 6.51. The average Bonchev–Trinajstić information content (AvgIpc) is 2.76. The van der Waals surface area contributed by atoms with E-state index in [0.29, 0.717) is 48.7 Å². The quantitative estimate of drug-likeness (QED) is 0.590. The van der Waals surface area contributed by atoms with E-state index >= 15 is 0 Å². The second-order valence-corrected chi connectivity index (χ2v) is 8.39. The first kappa shape index (κ1) is 14.0. The molecule has 4 rings (SSSR count). The van der Waals surface area contributed by atoms with E-state index in [4.69, 9.17) is 0 Å². The van der Waals surface area contributed by atoms with Crippen molar-refractivity contribution in [2.45, 2.75) is 64.5 Å². The minimum Gasteiger partial charge on any atom is -0.300 e. The highest BCUT2D eigenvalue weighted by Gasteiger charge is 2.57. The van der Waals surface area contributed by atoms with Crippen LogP contribution in [0.5, 0.6) is 0 Å². The molecule has 21 heavy (non-hydrogen) atoms. The molecule has 0 heterocycles. The van der Waals surface area contributed by atoms with Gasteiger partial charge < -0.3 is 0 Å². The maximum Gasteiger partial charge on any atom is 0.133 e. The topological polar surface area (TPSA) is 17.1 Å². The van der Waals surface area contributed by atoms with Gasteiger partial charge in [-0.05, 0) is 67.6 Å². The minimum atomic E-state index is -0.739. The van der Waals surface area contributed by atoms with Crippen molar-refractivity contribution in [1.29, 1.82) is 0 Å². The van der Waals surface area contributed by atoms with Crippen LogP contribution in [0.4, 0.5) is 4.39 Å². The van der Waals surface area contributed by atoms with E-state index in [9.17, 15) is 9.18 Å². The van der Waals surface area contributed by atoms with Gasteiger partial charge in [0.1, 0.15) is 12.0 Å². The summed E-state index contributed by atoms with van der Waals surface area (Å²) in [6.07, 6.45) is 6.99. The van der Waals surface area contributed by atoms with Crippen LogP contribution in [-0.4, -0.2) is 12.0 Å². The Morgan fingerprint density at radius 2 is 1.86 bits per heavy atom. The standard InChI is InChI=1S/C19H27FO/c1-11-3-6-17-15-10-18(20)16-9-12(21)4-5-13(16)14(15)7-8-19(11,17)2/h13-18H,1,3-10H2,2H3/t13?,14?,15?,16-,17?,18-,19+/m0/s1. The van der Waals surface area contributed by atoms with E-state index in [1.165, 1.54) is 24.8 Å². The van der Waals surface area contributed by atoms with E-state index in [0.717, 1.165) is 12.8 Å². The SMILES string of the molecule is C=C1CCC2C3C[C@H](F)[C@H]4CC(=O)CCC4C3CC[C@]12C. The zero-order valence-corrected chi connectivity index (χ0v) is 13.1. The highest BCUT2D eigenvalue weighted by Crippen LogP contribution is 2.63. The van der Waals surface area contributed by atoms with E-state index in [1.807, 2.05) is 0 Å². The van der Waals surface area contributed by atoms with Gasteiger partial charge in [-0.1, -0.05) is 19.1 Å². The van der Waals surface area contributed by atoms with Crippen LogP contribution < -0.4 is 0 Å². The Morgan fingerprint density at radius 3 is 2.67 bits per heavy atom. The molecule has 0 aromatic heterocycles. The van der Waals surface area contributed by atoms with Gasteiger partial charge in [0.15, 0.2) is 0 Å². The van der Waals surface area contributed by atoms with Gasteiger partial charge in [0.25, 0.3) is 0 Å². The first-order valence-electron chi connectivity index (χ1n) is 8.84. The molecule has 0 aromatic rings. The van der Waals surface area contributed by atoms with Gasteiger partial charge in [-0.2, -0.15) is 0 Å². The van der Waals surface area contributed by atoms with Crippen molar-refractivity contribution >= 4 is 5.78 Å². The molecule has 0 radical (unpaired) electrons. The Balaban J connectivity index is 1.63. The second-order valence-electron chi connectivity index (χ2n) is 8.39. The number of allylic oxidation sites excluding steroid dienone is 1. The van der Waals surface area contributed by atoms with Crippen LogP contribution in [0.15, 0.2) is 12.2 Å². The molecule has 0 spiro atoms. The van der Waals surface area contributed by atoms with Crippen LogP contribution in [0.3, 0.4) is 0 Å². The molecule has 4 fully saturated rings. The number of ketones is 1. The summed E-state index contributed by atoms with van der Waals surface area (Å²) in [6, 6.07) is 0. The molecule has 0 bridgehead atoms. The van der Waals surface area contributed by atoms with Crippen molar-refractivity contribution in [3.63, 3.8) is 0 Å². The summed E-state index contributed by atoms with van der Waals surface area (Å²) in [5.41, 5.74) is 1.69. The van der Waals surface area contributed by atoms with Crippen molar-refractivity contribution in [2.24, 2.45) is 35.0 Å². The highest BCUT2D eigenvalue weighted by atomic mass is 19.1. The third-order valence-electron chi connectivity index (χ3n) is 7.73. The number of hydrogen-bond acceptors (Lipinski definition) is 1. The largest absolute Gasteiger partial charge is 0.300 e. The van der Waals surface area contributed by atoms with E-state index in [2.05, 4.69) is 13.5 Å². The normalized spacial score (nSPS) is 53.0. The van der Waals surface area contributed by atoms with Crippen LogP contribution in [0.25, 0.3) is 0 Å². The van der Waals surface area contributed by atoms with Gasteiger partial charge in [-0.15, -0.1) is 0 Å². The number of Topliss-reactive ketones (excluding diaryl/α,β-unsaturated/α-hetero) is 1. The number of fused-ring (bicyclic) bond motifs is 5. The van der Waals surface area contributed by atoms with Crippen LogP contribution in [-0.2, 0) is 4.79 Å². The molecular weight excluding hydrogens is 263 g/mol. The number of hydrogen-bond donors (Lipinski definition) is 0. The Bertz CT molecular complexity index is 484. The molecule has 116 valence electrons. The van der Waals surface area contributed by atoms with E-state index in [-0.39, 0.29) is 11.3 Å². The van der Waals surface area contributed by atoms with Gasteiger partial charge in [-0.25, -0.2) is 4.39 Å². The lowest BCUT2D eigenvalue weighted by atomic mass is 9.50. The third kappa shape index (κ3) is 1.90. The number of carbonyl (C=O) groups is 1. The number of carbonyl (C=O) groups excluding carboxylic acids is 1.